The molecule has 338 valence electrons. The van der Waals surface area contributed by atoms with Gasteiger partial charge >= 0.3 is 11.9 Å². The summed E-state index contributed by atoms with van der Waals surface area (Å²) in [6.45, 7) is 13.4. The van der Waals surface area contributed by atoms with E-state index in [1.807, 2.05) is 107 Å². The molecule has 0 bridgehead atoms. The van der Waals surface area contributed by atoms with Gasteiger partial charge in [-0.15, -0.1) is 0 Å². The van der Waals surface area contributed by atoms with Crippen LogP contribution in [0.15, 0.2) is 115 Å². The van der Waals surface area contributed by atoms with Gasteiger partial charge in [0.25, 0.3) is 0 Å². The maximum absolute atomic E-state index is 10.8. The van der Waals surface area contributed by atoms with E-state index in [4.69, 9.17) is 52.4 Å². The average molecular weight is 897 g/mol. The summed E-state index contributed by atoms with van der Waals surface area (Å²) in [7, 11) is 0. The Balaban J connectivity index is 0.000000547. The molecule has 0 saturated heterocycles. The largest absolute Gasteiger partial charge is 0.491 e. The fourth-order valence-corrected chi connectivity index (χ4v) is 5.88. The molecule has 5 rings (SSSR count). The van der Waals surface area contributed by atoms with Gasteiger partial charge in [0.15, 0.2) is 0 Å². The minimum atomic E-state index is -0.997. The van der Waals surface area contributed by atoms with E-state index >= 15 is 0 Å². The summed E-state index contributed by atoms with van der Waals surface area (Å²) in [6, 6.07) is 34.0. The molecule has 11 nitrogen and oxygen atoms in total. The normalized spacial score (nSPS) is 10.9. The lowest BCUT2D eigenvalue weighted by Crippen LogP contribution is -2.31. The molecular formula is C49H63Cl2NO10. The standard InChI is InChI=1S/C27H32ClNO4.C10H11ClO3.C10H12O3.2CH4/c1-20(2)33-27-13-10-23(16-25(27)28)26(31)18-29(14-15-30)17-21-8-11-24(12-9-21)32-19-22-6-4-3-5-7-22;1-6(2)14-9-4-3-7(10(12)13)5-8(9)11;1-7(2)13-9-5-3-8(4-6-9)10(11)12;;/h3-13,16,20,26,30-31H,14-15,17-19H2,1-2H3;3-6H,1-2H3,(H,12,13);3-7H,1-2H3,(H,11,12);2*1H4. The fraction of sp³-hybridized carbons (Fsp3) is 0.347. The van der Waals surface area contributed by atoms with Gasteiger partial charge < -0.3 is 39.4 Å². The fourth-order valence-electron chi connectivity index (χ4n) is 5.42. The van der Waals surface area contributed by atoms with E-state index in [9.17, 15) is 19.8 Å². The van der Waals surface area contributed by atoms with Crippen LogP contribution in [0.4, 0.5) is 0 Å². The van der Waals surface area contributed by atoms with Crippen LogP contribution in [0, 0.1) is 0 Å². The number of carboxylic acid groups (broad SMARTS) is 2. The van der Waals surface area contributed by atoms with Crippen LogP contribution in [0.5, 0.6) is 23.0 Å². The second kappa shape index (κ2) is 28.3. The van der Waals surface area contributed by atoms with E-state index < -0.39 is 18.0 Å². The SMILES string of the molecule is C.C.CC(C)Oc1ccc(C(=O)O)cc1.CC(C)Oc1ccc(C(=O)O)cc1Cl.CC(C)Oc1ccc(C(O)CN(CCO)Cc2ccc(OCc3ccccc3)cc2)cc1Cl. The number of aliphatic hydroxyl groups excluding tert-OH is 2. The highest BCUT2D eigenvalue weighted by Gasteiger charge is 2.16. The lowest BCUT2D eigenvalue weighted by molar-refractivity contribution is 0.0686. The molecule has 1 unspecified atom stereocenters. The van der Waals surface area contributed by atoms with Gasteiger partial charge in [-0.25, -0.2) is 9.59 Å². The molecule has 5 aromatic rings. The van der Waals surface area contributed by atoms with Crippen molar-refractivity contribution in [2.24, 2.45) is 0 Å². The lowest BCUT2D eigenvalue weighted by atomic mass is 10.1. The summed E-state index contributed by atoms with van der Waals surface area (Å²) in [4.78, 5) is 23.1. The Labute approximate surface area is 377 Å². The van der Waals surface area contributed by atoms with Gasteiger partial charge in [0.2, 0.25) is 0 Å². The predicted octanol–water partition coefficient (Wildman–Crippen LogP) is 11.5. The predicted molar refractivity (Wildman–Crippen MR) is 249 cm³/mol. The molecule has 0 heterocycles. The van der Waals surface area contributed by atoms with Gasteiger partial charge in [-0.1, -0.05) is 86.6 Å². The number of carbonyl (C=O) groups is 2. The third-order valence-electron chi connectivity index (χ3n) is 8.14. The summed E-state index contributed by atoms with van der Waals surface area (Å²) < 4.78 is 22.2. The summed E-state index contributed by atoms with van der Waals surface area (Å²) in [5, 5.41) is 38.4. The Morgan fingerprint density at radius 3 is 1.60 bits per heavy atom. The molecule has 13 heteroatoms. The molecule has 0 amide bonds. The third kappa shape index (κ3) is 20.0. The first-order chi connectivity index (χ1) is 28.5. The molecule has 0 aromatic heterocycles. The molecule has 0 aliphatic rings. The van der Waals surface area contributed by atoms with Crippen LogP contribution in [0.25, 0.3) is 0 Å². The van der Waals surface area contributed by atoms with Crippen LogP contribution < -0.4 is 18.9 Å². The van der Waals surface area contributed by atoms with Gasteiger partial charge in [0.1, 0.15) is 29.6 Å². The number of aromatic carboxylic acids is 2. The van der Waals surface area contributed by atoms with Crippen molar-refractivity contribution in [1.82, 2.24) is 4.90 Å². The highest BCUT2D eigenvalue weighted by Crippen LogP contribution is 2.30. The van der Waals surface area contributed by atoms with E-state index in [-0.39, 0.29) is 50.9 Å². The maximum atomic E-state index is 10.8. The molecule has 0 fully saturated rings. The Morgan fingerprint density at radius 1 is 0.613 bits per heavy atom. The van der Waals surface area contributed by atoms with Crippen molar-refractivity contribution >= 4 is 35.1 Å². The van der Waals surface area contributed by atoms with Gasteiger partial charge in [0, 0.05) is 19.6 Å². The number of ether oxygens (including phenoxy) is 4. The molecule has 0 saturated carbocycles. The van der Waals surface area contributed by atoms with E-state index in [1.54, 1.807) is 30.3 Å². The van der Waals surface area contributed by atoms with Crippen LogP contribution in [-0.2, 0) is 13.2 Å². The van der Waals surface area contributed by atoms with Crippen LogP contribution in [-0.4, -0.2) is 75.3 Å². The summed E-state index contributed by atoms with van der Waals surface area (Å²) >= 11 is 12.2. The van der Waals surface area contributed by atoms with Crippen molar-refractivity contribution in [3.05, 3.63) is 153 Å². The summed E-state index contributed by atoms with van der Waals surface area (Å²) in [5.74, 6) is 0.685. The number of nitrogens with zero attached hydrogens (tertiary/aromatic N) is 1. The Hall–Kier alpha value is -5.30. The van der Waals surface area contributed by atoms with Crippen molar-refractivity contribution in [3.63, 3.8) is 0 Å². The minimum Gasteiger partial charge on any atom is -0.491 e. The molecule has 0 radical (unpaired) electrons. The van der Waals surface area contributed by atoms with E-state index in [2.05, 4.69) is 0 Å². The Morgan fingerprint density at radius 2 is 1.11 bits per heavy atom. The summed E-state index contributed by atoms with van der Waals surface area (Å²) in [6.07, 6.45) is -0.595. The smallest absolute Gasteiger partial charge is 0.335 e. The van der Waals surface area contributed by atoms with Crippen molar-refractivity contribution < 1.29 is 49.0 Å². The van der Waals surface area contributed by atoms with Crippen molar-refractivity contribution in [2.75, 3.05) is 19.7 Å². The number of aliphatic hydroxyl groups is 2. The topological polar surface area (TPSA) is 155 Å². The number of carboxylic acids is 2. The lowest BCUT2D eigenvalue weighted by Gasteiger charge is -2.25. The number of halogens is 2. The van der Waals surface area contributed by atoms with E-state index in [0.29, 0.717) is 59.1 Å². The molecule has 0 aliphatic carbocycles. The van der Waals surface area contributed by atoms with Crippen molar-refractivity contribution in [2.45, 2.75) is 94.0 Å². The number of benzene rings is 5. The monoisotopic (exact) mass is 895 g/mol. The average Bonchev–Trinajstić information content (AvgIpc) is 3.20. The molecule has 0 aliphatic heterocycles. The van der Waals surface area contributed by atoms with Crippen molar-refractivity contribution in [3.8, 4) is 23.0 Å². The Kier molecular flexibility index (Phi) is 25.0. The van der Waals surface area contributed by atoms with Crippen LogP contribution >= 0.6 is 23.2 Å². The summed E-state index contributed by atoms with van der Waals surface area (Å²) in [5.41, 5.74) is 3.33. The first-order valence-corrected chi connectivity index (χ1v) is 20.2. The van der Waals surface area contributed by atoms with Crippen LogP contribution in [0.3, 0.4) is 0 Å². The number of hydrogen-bond acceptors (Lipinski definition) is 9. The molecular weight excluding hydrogens is 833 g/mol. The maximum Gasteiger partial charge on any atom is 0.335 e. The first kappa shape index (κ1) is 54.7. The Bertz CT molecular complexity index is 2040. The highest BCUT2D eigenvalue weighted by molar-refractivity contribution is 6.32. The molecule has 62 heavy (non-hydrogen) atoms. The van der Waals surface area contributed by atoms with Gasteiger partial charge in [-0.3, -0.25) is 4.90 Å². The van der Waals surface area contributed by atoms with Gasteiger partial charge in [-0.2, -0.15) is 0 Å². The van der Waals surface area contributed by atoms with Gasteiger partial charge in [0.05, 0.1) is 52.2 Å². The third-order valence-corrected chi connectivity index (χ3v) is 8.73. The van der Waals surface area contributed by atoms with Crippen LogP contribution in [0.1, 0.15) is 99.9 Å². The van der Waals surface area contributed by atoms with Crippen LogP contribution in [0.2, 0.25) is 10.0 Å². The molecule has 0 spiro atoms. The zero-order chi connectivity index (χ0) is 44.2. The first-order valence-electron chi connectivity index (χ1n) is 19.5. The quantitative estimate of drug-likeness (QED) is 0.0664. The number of hydrogen-bond donors (Lipinski definition) is 4. The zero-order valence-corrected chi connectivity index (χ0v) is 36.3. The molecule has 4 N–H and O–H groups in total. The van der Waals surface area contributed by atoms with Crippen molar-refractivity contribution in [1.29, 1.82) is 0 Å². The van der Waals surface area contributed by atoms with Gasteiger partial charge in [-0.05, 0) is 125 Å². The second-order valence-electron chi connectivity index (χ2n) is 14.4. The number of rotatable bonds is 18. The molecule has 5 aromatic carbocycles. The zero-order valence-electron chi connectivity index (χ0n) is 34.8. The molecule has 1 atom stereocenters. The van der Waals surface area contributed by atoms with E-state index in [0.717, 1.165) is 16.9 Å². The minimum absolute atomic E-state index is 0. The van der Waals surface area contributed by atoms with E-state index in [1.165, 1.54) is 24.3 Å². The highest BCUT2D eigenvalue weighted by atomic mass is 35.5. The second-order valence-corrected chi connectivity index (χ2v) is 15.2.